The van der Waals surface area contributed by atoms with E-state index in [2.05, 4.69) is 27.4 Å². The molecule has 2 aromatic carbocycles. The summed E-state index contributed by atoms with van der Waals surface area (Å²) >= 11 is 4.66. The Bertz CT molecular complexity index is 807. The van der Waals surface area contributed by atoms with E-state index in [0.29, 0.717) is 16.6 Å². The fourth-order valence-electron chi connectivity index (χ4n) is 2.01. The highest BCUT2D eigenvalue weighted by Crippen LogP contribution is 2.33. The molecular weight excluding hydrogens is 247 g/mol. The first-order valence-corrected chi connectivity index (χ1v) is 5.76. The van der Waals surface area contributed by atoms with Gasteiger partial charge in [-0.2, -0.15) is 4.99 Å². The van der Waals surface area contributed by atoms with Crippen molar-refractivity contribution in [2.45, 2.75) is 0 Å². The molecule has 1 heterocycles. The van der Waals surface area contributed by atoms with Crippen LogP contribution in [0.1, 0.15) is 0 Å². The summed E-state index contributed by atoms with van der Waals surface area (Å²) in [7, 11) is 0. The minimum Gasteiger partial charge on any atom is -0.248 e. The van der Waals surface area contributed by atoms with Crippen LogP contribution in [0.15, 0.2) is 47.5 Å². The zero-order valence-electron chi connectivity index (χ0n) is 9.22. The van der Waals surface area contributed by atoms with Gasteiger partial charge in [0, 0.05) is 10.8 Å². The molecule has 4 heteroatoms. The Labute approximate surface area is 108 Å². The molecule has 0 fully saturated rings. The molecule has 18 heavy (non-hydrogen) atoms. The summed E-state index contributed by atoms with van der Waals surface area (Å²) in [5, 5.41) is 3.83. The first-order valence-electron chi connectivity index (χ1n) is 5.35. The van der Waals surface area contributed by atoms with E-state index < -0.39 is 0 Å². The fraction of sp³-hybridized carbons (Fsp3) is 0. The van der Waals surface area contributed by atoms with E-state index >= 15 is 0 Å². The summed E-state index contributed by atoms with van der Waals surface area (Å²) in [6.45, 7) is 0. The molecule has 0 amide bonds. The normalized spacial score (nSPS) is 10.5. The smallest absolute Gasteiger partial charge is 0.124 e. The molecule has 0 saturated carbocycles. The first-order chi connectivity index (χ1) is 8.79. The first kappa shape index (κ1) is 11.0. The predicted octanol–water partition coefficient (Wildman–Crippen LogP) is 4.26. The second-order valence-corrected chi connectivity index (χ2v) is 4.02. The van der Waals surface area contributed by atoms with E-state index in [9.17, 15) is 4.39 Å². The number of halogens is 1. The lowest BCUT2D eigenvalue weighted by molar-refractivity contribution is 0.629. The van der Waals surface area contributed by atoms with Gasteiger partial charge in [0.15, 0.2) is 0 Å². The van der Waals surface area contributed by atoms with Crippen molar-refractivity contribution in [3.8, 4) is 0 Å². The molecule has 0 saturated heterocycles. The van der Waals surface area contributed by atoms with E-state index in [0.717, 1.165) is 10.9 Å². The molecule has 3 rings (SSSR count). The third kappa shape index (κ3) is 1.68. The van der Waals surface area contributed by atoms with Crippen LogP contribution in [0.4, 0.5) is 10.1 Å². The van der Waals surface area contributed by atoms with Crippen LogP contribution in [0.3, 0.4) is 0 Å². The van der Waals surface area contributed by atoms with Gasteiger partial charge >= 0.3 is 0 Å². The molecule has 86 valence electrons. The number of isothiocyanates is 1. The molecule has 0 N–H and O–H groups in total. The molecule has 0 aliphatic carbocycles. The summed E-state index contributed by atoms with van der Waals surface area (Å²) in [6, 6.07) is 12.0. The van der Waals surface area contributed by atoms with Gasteiger partial charge in [-0.15, -0.1) is 0 Å². The number of nitrogens with zero attached hydrogens (tertiary/aromatic N) is 2. The number of aromatic nitrogens is 1. The number of pyridine rings is 1. The van der Waals surface area contributed by atoms with Gasteiger partial charge in [0.25, 0.3) is 0 Å². The molecule has 0 aliphatic rings. The predicted molar refractivity (Wildman–Crippen MR) is 73.9 cm³/mol. The van der Waals surface area contributed by atoms with Gasteiger partial charge in [-0.1, -0.05) is 18.2 Å². The van der Waals surface area contributed by atoms with Gasteiger partial charge < -0.3 is 0 Å². The van der Waals surface area contributed by atoms with E-state index in [1.165, 1.54) is 12.1 Å². The SMILES string of the molecule is Fc1ccc2nc3ccccc3c(N=C=S)c2c1. The number of hydrogen-bond acceptors (Lipinski definition) is 3. The standard InChI is InChI=1S/C14H7FN2S/c15-9-5-6-13-11(7-9)14(16-8-18)10-3-1-2-4-12(10)17-13/h1-7H. The molecular formula is C14H7FN2S. The van der Waals surface area contributed by atoms with Crippen molar-refractivity contribution in [2.24, 2.45) is 4.99 Å². The van der Waals surface area contributed by atoms with Crippen LogP contribution >= 0.6 is 12.2 Å². The largest absolute Gasteiger partial charge is 0.248 e. The summed E-state index contributed by atoms with van der Waals surface area (Å²) in [6.07, 6.45) is 0. The number of fused-ring (bicyclic) bond motifs is 2. The van der Waals surface area contributed by atoms with E-state index in [4.69, 9.17) is 0 Å². The molecule has 1 aromatic heterocycles. The maximum atomic E-state index is 13.3. The van der Waals surface area contributed by atoms with Crippen LogP contribution in [0.25, 0.3) is 21.8 Å². The second-order valence-electron chi connectivity index (χ2n) is 3.84. The number of para-hydroxylation sites is 1. The monoisotopic (exact) mass is 254 g/mol. The van der Waals surface area contributed by atoms with Crippen molar-refractivity contribution in [1.82, 2.24) is 4.98 Å². The van der Waals surface area contributed by atoms with E-state index in [1.807, 2.05) is 24.3 Å². The molecule has 0 radical (unpaired) electrons. The molecule has 0 spiro atoms. The Hall–Kier alpha value is -2.16. The van der Waals surface area contributed by atoms with Crippen LogP contribution in [-0.4, -0.2) is 10.1 Å². The third-order valence-electron chi connectivity index (χ3n) is 2.77. The second kappa shape index (κ2) is 4.26. The summed E-state index contributed by atoms with van der Waals surface area (Å²) < 4.78 is 13.3. The fourth-order valence-corrected chi connectivity index (χ4v) is 2.10. The van der Waals surface area contributed by atoms with E-state index in [1.54, 1.807) is 6.07 Å². The molecule has 0 atom stereocenters. The van der Waals surface area contributed by atoms with Crippen molar-refractivity contribution < 1.29 is 4.39 Å². The maximum absolute atomic E-state index is 13.3. The lowest BCUT2D eigenvalue weighted by Crippen LogP contribution is -1.85. The Kier molecular flexibility index (Phi) is 2.59. The van der Waals surface area contributed by atoms with Gasteiger partial charge in [0.05, 0.1) is 21.9 Å². The zero-order valence-corrected chi connectivity index (χ0v) is 10.0. The topological polar surface area (TPSA) is 25.2 Å². The van der Waals surface area contributed by atoms with Crippen LogP contribution in [0.2, 0.25) is 0 Å². The average Bonchev–Trinajstić information content (AvgIpc) is 2.39. The van der Waals surface area contributed by atoms with Crippen LogP contribution in [0, 0.1) is 5.82 Å². The zero-order chi connectivity index (χ0) is 12.5. The summed E-state index contributed by atoms with van der Waals surface area (Å²) in [5.74, 6) is -0.319. The molecule has 0 aliphatic heterocycles. The Morgan fingerprint density at radius 1 is 1.06 bits per heavy atom. The minimum atomic E-state index is -0.319. The Morgan fingerprint density at radius 3 is 2.67 bits per heavy atom. The van der Waals surface area contributed by atoms with Crippen molar-refractivity contribution in [3.63, 3.8) is 0 Å². The van der Waals surface area contributed by atoms with Gasteiger partial charge in [0.1, 0.15) is 5.82 Å². The number of hydrogen-bond donors (Lipinski definition) is 0. The lowest BCUT2D eigenvalue weighted by atomic mass is 10.1. The van der Waals surface area contributed by atoms with E-state index in [-0.39, 0.29) is 5.82 Å². The van der Waals surface area contributed by atoms with Crippen molar-refractivity contribution in [1.29, 1.82) is 0 Å². The summed E-state index contributed by atoms with van der Waals surface area (Å²) in [5.41, 5.74) is 2.12. The van der Waals surface area contributed by atoms with Crippen molar-refractivity contribution in [3.05, 3.63) is 48.3 Å². The number of thiocarbonyl (C=S) groups is 1. The Balaban J connectivity index is 2.59. The van der Waals surface area contributed by atoms with Crippen LogP contribution < -0.4 is 0 Å². The van der Waals surface area contributed by atoms with Gasteiger partial charge in [0.2, 0.25) is 0 Å². The Morgan fingerprint density at radius 2 is 1.83 bits per heavy atom. The van der Waals surface area contributed by atoms with Gasteiger partial charge in [-0.05, 0) is 36.5 Å². The molecule has 2 nitrogen and oxygen atoms in total. The highest BCUT2D eigenvalue weighted by molar-refractivity contribution is 7.78. The van der Waals surface area contributed by atoms with Crippen molar-refractivity contribution in [2.75, 3.05) is 0 Å². The summed E-state index contributed by atoms with van der Waals surface area (Å²) in [4.78, 5) is 8.54. The number of rotatable bonds is 1. The van der Waals surface area contributed by atoms with Crippen LogP contribution in [-0.2, 0) is 0 Å². The van der Waals surface area contributed by atoms with Gasteiger partial charge in [-0.3, -0.25) is 0 Å². The lowest BCUT2D eigenvalue weighted by Gasteiger charge is -2.05. The van der Waals surface area contributed by atoms with Crippen LogP contribution in [0.5, 0.6) is 0 Å². The third-order valence-corrected chi connectivity index (χ3v) is 2.86. The highest BCUT2D eigenvalue weighted by atomic mass is 32.1. The molecule has 0 bridgehead atoms. The highest BCUT2D eigenvalue weighted by Gasteiger charge is 2.08. The maximum Gasteiger partial charge on any atom is 0.124 e. The molecule has 0 unspecified atom stereocenters. The quantitative estimate of drug-likeness (QED) is 0.368. The minimum absolute atomic E-state index is 0.319. The average molecular weight is 254 g/mol. The van der Waals surface area contributed by atoms with Crippen molar-refractivity contribution >= 4 is 44.9 Å². The number of benzene rings is 2. The molecule has 3 aromatic rings. The van der Waals surface area contributed by atoms with Gasteiger partial charge in [-0.25, -0.2) is 9.37 Å². The number of aliphatic imine (C=N–C) groups is 1.